The van der Waals surface area contributed by atoms with Gasteiger partial charge in [-0.1, -0.05) is 12.1 Å². The number of nitrogens with zero attached hydrogens (tertiary/aromatic N) is 1. The summed E-state index contributed by atoms with van der Waals surface area (Å²) in [5, 5.41) is 15.1. The lowest BCUT2D eigenvalue weighted by Crippen LogP contribution is -2.42. The summed E-state index contributed by atoms with van der Waals surface area (Å²) in [5.41, 5.74) is 1.02. The van der Waals surface area contributed by atoms with E-state index < -0.39 is 0 Å². The second-order valence-corrected chi connectivity index (χ2v) is 8.17. The van der Waals surface area contributed by atoms with Gasteiger partial charge in [0.2, 0.25) is 17.7 Å². The fourth-order valence-corrected chi connectivity index (χ4v) is 4.34. The predicted molar refractivity (Wildman–Crippen MR) is 109 cm³/mol. The van der Waals surface area contributed by atoms with Crippen molar-refractivity contribution in [2.24, 2.45) is 11.8 Å². The number of carbonyl (C=O) groups excluding carboxylic acids is 3. The summed E-state index contributed by atoms with van der Waals surface area (Å²) in [4.78, 5) is 38.6. The molecule has 0 aromatic heterocycles. The number of hydrogen-bond donors (Lipinski definition) is 3. The van der Waals surface area contributed by atoms with E-state index in [1.807, 2.05) is 17.0 Å². The van der Waals surface area contributed by atoms with Crippen molar-refractivity contribution in [1.29, 1.82) is 0 Å². The minimum absolute atomic E-state index is 0.00332. The Morgan fingerprint density at radius 1 is 1.03 bits per heavy atom. The van der Waals surface area contributed by atoms with Gasteiger partial charge in [-0.05, 0) is 56.2 Å². The molecule has 7 nitrogen and oxygen atoms in total. The molecule has 3 N–H and O–H groups in total. The van der Waals surface area contributed by atoms with Gasteiger partial charge in [0.05, 0.1) is 5.92 Å². The Kier molecular flexibility index (Phi) is 7.12. The number of aryl methyl sites for hydroxylation is 1. The molecule has 158 valence electrons. The standard InChI is InChI=1S/C22H31N3O4/c1-23-21(28)17-12-13-25(14-17)22(29)16-5-7-18(8-6-16)24-20(27)11-4-15-2-9-19(26)10-3-15/h2-3,9-10,16-18,26H,4-8,11-14H2,1H3,(H,23,28)(H,24,27). The van der Waals surface area contributed by atoms with E-state index in [4.69, 9.17) is 0 Å². The first kappa shape index (κ1) is 21.1. The van der Waals surface area contributed by atoms with Gasteiger partial charge < -0.3 is 20.6 Å². The van der Waals surface area contributed by atoms with E-state index in [1.54, 1.807) is 19.2 Å². The van der Waals surface area contributed by atoms with Crippen LogP contribution in [0.5, 0.6) is 5.75 Å². The zero-order valence-corrected chi connectivity index (χ0v) is 17.0. The van der Waals surface area contributed by atoms with Crippen molar-refractivity contribution < 1.29 is 19.5 Å². The first-order valence-electron chi connectivity index (χ1n) is 10.5. The highest BCUT2D eigenvalue weighted by Gasteiger charge is 2.35. The number of phenolic OH excluding ortho intramolecular Hbond substituents is 1. The minimum Gasteiger partial charge on any atom is -0.508 e. The maximum absolute atomic E-state index is 12.8. The van der Waals surface area contributed by atoms with Gasteiger partial charge in [-0.25, -0.2) is 0 Å². The summed E-state index contributed by atoms with van der Waals surface area (Å²) in [5.74, 6) is 0.340. The molecule has 0 spiro atoms. The Bertz CT molecular complexity index is 726. The number of likely N-dealkylation sites (tertiary alicyclic amines) is 1. The van der Waals surface area contributed by atoms with Crippen LogP contribution < -0.4 is 10.6 Å². The first-order chi connectivity index (χ1) is 14.0. The second kappa shape index (κ2) is 9.76. The smallest absolute Gasteiger partial charge is 0.225 e. The van der Waals surface area contributed by atoms with Crippen LogP contribution in [0.4, 0.5) is 0 Å². The zero-order chi connectivity index (χ0) is 20.8. The molecule has 1 aliphatic carbocycles. The molecule has 3 amide bonds. The number of benzene rings is 1. The van der Waals surface area contributed by atoms with Gasteiger partial charge in [0, 0.05) is 38.5 Å². The monoisotopic (exact) mass is 401 g/mol. The summed E-state index contributed by atoms with van der Waals surface area (Å²) in [6.45, 7) is 1.18. The third-order valence-corrected chi connectivity index (χ3v) is 6.14. The van der Waals surface area contributed by atoms with Crippen LogP contribution in [0.25, 0.3) is 0 Å². The number of rotatable bonds is 6. The van der Waals surface area contributed by atoms with Gasteiger partial charge in [-0.15, -0.1) is 0 Å². The quantitative estimate of drug-likeness (QED) is 0.674. The highest BCUT2D eigenvalue weighted by Crippen LogP contribution is 2.28. The zero-order valence-electron chi connectivity index (χ0n) is 17.0. The molecule has 2 aliphatic rings. The minimum atomic E-state index is -0.0897. The molecule has 1 unspecified atom stereocenters. The highest BCUT2D eigenvalue weighted by atomic mass is 16.3. The molecule has 0 radical (unpaired) electrons. The number of amides is 3. The normalized spacial score (nSPS) is 24.2. The van der Waals surface area contributed by atoms with Crippen LogP contribution in [0.1, 0.15) is 44.1 Å². The molecule has 3 rings (SSSR count). The summed E-state index contributed by atoms with van der Waals surface area (Å²) in [7, 11) is 1.63. The van der Waals surface area contributed by atoms with Gasteiger partial charge in [0.1, 0.15) is 5.75 Å². The number of aromatic hydroxyl groups is 1. The average molecular weight is 402 g/mol. The lowest BCUT2D eigenvalue weighted by molar-refractivity contribution is -0.136. The lowest BCUT2D eigenvalue weighted by Gasteiger charge is -2.31. The average Bonchev–Trinajstić information content (AvgIpc) is 3.23. The molecule has 29 heavy (non-hydrogen) atoms. The van der Waals surface area contributed by atoms with Gasteiger partial charge in [-0.2, -0.15) is 0 Å². The summed E-state index contributed by atoms with van der Waals surface area (Å²) in [6.07, 6.45) is 4.98. The Hall–Kier alpha value is -2.57. The largest absolute Gasteiger partial charge is 0.508 e. The van der Waals surface area contributed by atoms with Crippen molar-refractivity contribution in [2.45, 2.75) is 51.0 Å². The Balaban J connectivity index is 1.37. The molecular formula is C22H31N3O4. The van der Waals surface area contributed by atoms with Crippen molar-refractivity contribution in [1.82, 2.24) is 15.5 Å². The molecule has 1 aromatic rings. The highest BCUT2D eigenvalue weighted by molar-refractivity contribution is 5.83. The lowest BCUT2D eigenvalue weighted by atomic mass is 9.85. The molecule has 0 bridgehead atoms. The summed E-state index contributed by atoms with van der Waals surface area (Å²) >= 11 is 0. The molecule has 1 saturated carbocycles. The van der Waals surface area contributed by atoms with Crippen LogP contribution >= 0.6 is 0 Å². The van der Waals surface area contributed by atoms with Crippen molar-refractivity contribution in [3.8, 4) is 5.75 Å². The number of carbonyl (C=O) groups is 3. The van der Waals surface area contributed by atoms with Crippen LogP contribution in [0, 0.1) is 11.8 Å². The van der Waals surface area contributed by atoms with E-state index in [0.717, 1.165) is 37.7 Å². The van der Waals surface area contributed by atoms with E-state index in [9.17, 15) is 19.5 Å². The SMILES string of the molecule is CNC(=O)C1CCN(C(=O)C2CCC(NC(=O)CCc3ccc(O)cc3)CC2)C1. The van der Waals surface area contributed by atoms with E-state index in [2.05, 4.69) is 10.6 Å². The third-order valence-electron chi connectivity index (χ3n) is 6.14. The van der Waals surface area contributed by atoms with Crippen molar-refractivity contribution >= 4 is 17.7 Å². The van der Waals surface area contributed by atoms with E-state index in [0.29, 0.717) is 25.9 Å². The number of hydrogen-bond acceptors (Lipinski definition) is 4. The fourth-order valence-electron chi connectivity index (χ4n) is 4.34. The van der Waals surface area contributed by atoms with Crippen LogP contribution in [0.3, 0.4) is 0 Å². The van der Waals surface area contributed by atoms with Crippen molar-refractivity contribution in [3.63, 3.8) is 0 Å². The van der Waals surface area contributed by atoms with Gasteiger partial charge in [0.25, 0.3) is 0 Å². The predicted octanol–water partition coefficient (Wildman–Crippen LogP) is 1.59. The molecule has 7 heteroatoms. The van der Waals surface area contributed by atoms with Gasteiger partial charge in [0.15, 0.2) is 0 Å². The van der Waals surface area contributed by atoms with E-state index in [1.165, 1.54) is 0 Å². The molecule has 1 aliphatic heterocycles. The molecule has 2 fully saturated rings. The van der Waals surface area contributed by atoms with Crippen molar-refractivity contribution in [3.05, 3.63) is 29.8 Å². The van der Waals surface area contributed by atoms with E-state index in [-0.39, 0.29) is 41.3 Å². The summed E-state index contributed by atoms with van der Waals surface area (Å²) in [6, 6.07) is 7.04. The Labute approximate surface area is 171 Å². The van der Waals surface area contributed by atoms with E-state index >= 15 is 0 Å². The maximum atomic E-state index is 12.8. The van der Waals surface area contributed by atoms with Crippen LogP contribution in [0.2, 0.25) is 0 Å². The van der Waals surface area contributed by atoms with Crippen molar-refractivity contribution in [2.75, 3.05) is 20.1 Å². The summed E-state index contributed by atoms with van der Waals surface area (Å²) < 4.78 is 0. The molecule has 1 saturated heterocycles. The van der Waals surface area contributed by atoms with Crippen LogP contribution in [0.15, 0.2) is 24.3 Å². The maximum Gasteiger partial charge on any atom is 0.225 e. The molecular weight excluding hydrogens is 370 g/mol. The van der Waals surface area contributed by atoms with Crippen LogP contribution in [-0.2, 0) is 20.8 Å². The van der Waals surface area contributed by atoms with Gasteiger partial charge in [-0.3, -0.25) is 14.4 Å². The third kappa shape index (κ3) is 5.71. The number of phenols is 1. The molecule has 1 aromatic carbocycles. The topological polar surface area (TPSA) is 98.7 Å². The van der Waals surface area contributed by atoms with Crippen LogP contribution in [-0.4, -0.2) is 53.9 Å². The molecule has 1 heterocycles. The fraction of sp³-hybridized carbons (Fsp3) is 0.591. The second-order valence-electron chi connectivity index (χ2n) is 8.17. The molecule has 1 atom stereocenters. The first-order valence-corrected chi connectivity index (χ1v) is 10.5. The Morgan fingerprint density at radius 2 is 1.72 bits per heavy atom. The van der Waals surface area contributed by atoms with Gasteiger partial charge >= 0.3 is 0 Å². The Morgan fingerprint density at radius 3 is 2.38 bits per heavy atom. The number of nitrogens with one attached hydrogen (secondary N) is 2.